The van der Waals surface area contributed by atoms with E-state index in [-0.39, 0.29) is 6.04 Å². The van der Waals surface area contributed by atoms with Crippen LogP contribution in [0.25, 0.3) is 0 Å². The first-order chi connectivity index (χ1) is 10.2. The number of halogens is 1. The van der Waals surface area contributed by atoms with E-state index in [9.17, 15) is 0 Å². The summed E-state index contributed by atoms with van der Waals surface area (Å²) < 4.78 is 0. The molecule has 0 aliphatic carbocycles. The zero-order valence-electron chi connectivity index (χ0n) is 12.6. The van der Waals surface area contributed by atoms with Gasteiger partial charge in [-0.05, 0) is 42.8 Å². The number of hydrogen-bond donors (Lipinski definition) is 1. The number of nitrogens with two attached hydrogens (primary N) is 1. The first-order valence-corrected chi connectivity index (χ1v) is 7.63. The third kappa shape index (κ3) is 4.03. The molecule has 1 unspecified atom stereocenters. The van der Waals surface area contributed by atoms with Crippen molar-refractivity contribution >= 4 is 11.6 Å². The lowest BCUT2D eigenvalue weighted by Gasteiger charge is -2.30. The maximum Gasteiger partial charge on any atom is 0.0544 e. The van der Waals surface area contributed by atoms with Crippen molar-refractivity contribution in [1.29, 1.82) is 0 Å². The van der Waals surface area contributed by atoms with Crippen molar-refractivity contribution in [2.75, 3.05) is 13.1 Å². The van der Waals surface area contributed by atoms with Gasteiger partial charge in [-0.2, -0.15) is 0 Å². The molecule has 1 aromatic carbocycles. The van der Waals surface area contributed by atoms with Gasteiger partial charge in [0.1, 0.15) is 0 Å². The van der Waals surface area contributed by atoms with Crippen LogP contribution < -0.4 is 5.73 Å². The SMILES string of the molecule is CCN(Cc1ccccn1)C(CN)c1ccc(C)c(Cl)c1. The van der Waals surface area contributed by atoms with Crippen LogP contribution in [0.2, 0.25) is 5.02 Å². The van der Waals surface area contributed by atoms with Crippen molar-refractivity contribution in [3.63, 3.8) is 0 Å². The Morgan fingerprint density at radius 2 is 2.10 bits per heavy atom. The molecular formula is C17H22ClN3. The highest BCUT2D eigenvalue weighted by atomic mass is 35.5. The number of rotatable bonds is 6. The Bertz CT molecular complexity index is 572. The molecule has 0 aliphatic heterocycles. The number of benzene rings is 1. The van der Waals surface area contributed by atoms with Gasteiger partial charge >= 0.3 is 0 Å². The van der Waals surface area contributed by atoms with E-state index in [1.165, 1.54) is 0 Å². The molecule has 4 heteroatoms. The van der Waals surface area contributed by atoms with E-state index in [1.54, 1.807) is 0 Å². The Hall–Kier alpha value is -1.42. The molecule has 0 aliphatic rings. The van der Waals surface area contributed by atoms with E-state index in [0.29, 0.717) is 6.54 Å². The summed E-state index contributed by atoms with van der Waals surface area (Å²) in [5.74, 6) is 0. The Labute approximate surface area is 131 Å². The Kier molecular flexibility index (Phi) is 5.74. The fraction of sp³-hybridized carbons (Fsp3) is 0.353. The van der Waals surface area contributed by atoms with Crippen LogP contribution in [0.3, 0.4) is 0 Å². The molecule has 0 radical (unpaired) electrons. The zero-order valence-corrected chi connectivity index (χ0v) is 13.3. The minimum Gasteiger partial charge on any atom is -0.329 e. The first-order valence-electron chi connectivity index (χ1n) is 7.25. The van der Waals surface area contributed by atoms with Gasteiger partial charge < -0.3 is 5.73 Å². The fourth-order valence-corrected chi connectivity index (χ4v) is 2.64. The molecule has 2 aromatic rings. The second-order valence-electron chi connectivity index (χ2n) is 5.14. The zero-order chi connectivity index (χ0) is 15.2. The molecule has 3 nitrogen and oxygen atoms in total. The summed E-state index contributed by atoms with van der Waals surface area (Å²) in [4.78, 5) is 6.72. The molecule has 0 saturated heterocycles. The molecule has 2 rings (SSSR count). The van der Waals surface area contributed by atoms with Gasteiger partial charge in [-0.25, -0.2) is 0 Å². The lowest BCUT2D eigenvalue weighted by molar-refractivity contribution is 0.201. The topological polar surface area (TPSA) is 42.2 Å². The predicted octanol–water partition coefficient (Wildman–Crippen LogP) is 3.57. The van der Waals surface area contributed by atoms with Gasteiger partial charge in [-0.3, -0.25) is 9.88 Å². The summed E-state index contributed by atoms with van der Waals surface area (Å²) >= 11 is 6.25. The van der Waals surface area contributed by atoms with Crippen molar-refractivity contribution in [3.8, 4) is 0 Å². The lowest BCUT2D eigenvalue weighted by Crippen LogP contribution is -2.33. The lowest BCUT2D eigenvalue weighted by atomic mass is 10.0. The van der Waals surface area contributed by atoms with Gasteiger partial charge in [0.25, 0.3) is 0 Å². The molecule has 0 bridgehead atoms. The standard InChI is InChI=1S/C17H22ClN3/c1-3-21(12-15-6-4-5-9-20-15)17(11-19)14-8-7-13(2)16(18)10-14/h4-10,17H,3,11-12,19H2,1-2H3. The Balaban J connectivity index is 2.22. The minimum atomic E-state index is 0.148. The summed E-state index contributed by atoms with van der Waals surface area (Å²) in [6, 6.07) is 12.3. The molecular weight excluding hydrogens is 282 g/mol. The van der Waals surface area contributed by atoms with E-state index in [1.807, 2.05) is 37.4 Å². The van der Waals surface area contributed by atoms with Crippen LogP contribution >= 0.6 is 11.6 Å². The second-order valence-corrected chi connectivity index (χ2v) is 5.55. The van der Waals surface area contributed by atoms with Crippen LogP contribution in [0.15, 0.2) is 42.6 Å². The van der Waals surface area contributed by atoms with Crippen LogP contribution in [0.5, 0.6) is 0 Å². The third-order valence-electron chi connectivity index (χ3n) is 3.74. The van der Waals surface area contributed by atoms with E-state index < -0.39 is 0 Å². The quantitative estimate of drug-likeness (QED) is 0.887. The van der Waals surface area contributed by atoms with E-state index >= 15 is 0 Å². The number of aromatic nitrogens is 1. The first kappa shape index (κ1) is 16.0. The summed E-state index contributed by atoms with van der Waals surface area (Å²) in [6.45, 7) is 6.39. The number of likely N-dealkylation sites (N-methyl/N-ethyl adjacent to an activating group) is 1. The van der Waals surface area contributed by atoms with Crippen molar-refractivity contribution in [1.82, 2.24) is 9.88 Å². The second kappa shape index (κ2) is 7.55. The highest BCUT2D eigenvalue weighted by Gasteiger charge is 2.19. The van der Waals surface area contributed by atoms with Gasteiger partial charge in [-0.15, -0.1) is 0 Å². The van der Waals surface area contributed by atoms with E-state index in [0.717, 1.165) is 34.9 Å². The third-order valence-corrected chi connectivity index (χ3v) is 4.15. The summed E-state index contributed by atoms with van der Waals surface area (Å²) in [5, 5.41) is 0.792. The number of hydrogen-bond acceptors (Lipinski definition) is 3. The van der Waals surface area contributed by atoms with E-state index in [2.05, 4.69) is 28.9 Å². The fourth-order valence-electron chi connectivity index (χ4n) is 2.45. The monoisotopic (exact) mass is 303 g/mol. The van der Waals surface area contributed by atoms with Gasteiger partial charge in [0, 0.05) is 30.4 Å². The van der Waals surface area contributed by atoms with Gasteiger partial charge in [0.15, 0.2) is 0 Å². The normalized spacial score (nSPS) is 12.6. The number of nitrogens with zero attached hydrogens (tertiary/aromatic N) is 2. The van der Waals surface area contributed by atoms with Crippen LogP contribution in [0, 0.1) is 6.92 Å². The van der Waals surface area contributed by atoms with Crippen molar-refractivity contribution < 1.29 is 0 Å². The number of aryl methyl sites for hydroxylation is 1. The maximum atomic E-state index is 6.25. The average molecular weight is 304 g/mol. The maximum absolute atomic E-state index is 6.25. The predicted molar refractivity (Wildman–Crippen MR) is 88.3 cm³/mol. The van der Waals surface area contributed by atoms with Crippen molar-refractivity contribution in [2.24, 2.45) is 5.73 Å². The Morgan fingerprint density at radius 1 is 1.29 bits per heavy atom. The molecule has 112 valence electrons. The molecule has 0 fully saturated rings. The summed E-state index contributed by atoms with van der Waals surface area (Å²) in [6.07, 6.45) is 1.82. The molecule has 1 aromatic heterocycles. The van der Waals surface area contributed by atoms with Gasteiger partial charge in [0.05, 0.1) is 5.69 Å². The van der Waals surface area contributed by atoms with Crippen molar-refractivity contribution in [2.45, 2.75) is 26.4 Å². The highest BCUT2D eigenvalue weighted by Crippen LogP contribution is 2.25. The molecule has 2 N–H and O–H groups in total. The highest BCUT2D eigenvalue weighted by molar-refractivity contribution is 6.31. The molecule has 21 heavy (non-hydrogen) atoms. The molecule has 1 heterocycles. The van der Waals surface area contributed by atoms with Crippen molar-refractivity contribution in [3.05, 3.63) is 64.4 Å². The van der Waals surface area contributed by atoms with Crippen LogP contribution in [0.4, 0.5) is 0 Å². The summed E-state index contributed by atoms with van der Waals surface area (Å²) in [7, 11) is 0. The largest absolute Gasteiger partial charge is 0.329 e. The molecule has 0 saturated carbocycles. The smallest absolute Gasteiger partial charge is 0.0544 e. The minimum absolute atomic E-state index is 0.148. The van der Waals surface area contributed by atoms with Gasteiger partial charge in [0.2, 0.25) is 0 Å². The molecule has 0 spiro atoms. The molecule has 1 atom stereocenters. The van der Waals surface area contributed by atoms with Crippen LogP contribution in [-0.2, 0) is 6.54 Å². The number of pyridine rings is 1. The summed E-state index contributed by atoms with van der Waals surface area (Å²) in [5.41, 5.74) is 9.31. The van der Waals surface area contributed by atoms with E-state index in [4.69, 9.17) is 17.3 Å². The Morgan fingerprint density at radius 3 is 2.67 bits per heavy atom. The molecule has 0 amide bonds. The van der Waals surface area contributed by atoms with Crippen LogP contribution in [0.1, 0.15) is 29.8 Å². The van der Waals surface area contributed by atoms with Crippen LogP contribution in [-0.4, -0.2) is 23.0 Å². The van der Waals surface area contributed by atoms with Gasteiger partial charge in [-0.1, -0.05) is 36.7 Å². The average Bonchev–Trinajstić information content (AvgIpc) is 2.51.